The van der Waals surface area contributed by atoms with Crippen molar-refractivity contribution in [1.29, 1.82) is 0 Å². The van der Waals surface area contributed by atoms with Gasteiger partial charge in [0.05, 0.1) is 28.1 Å². The van der Waals surface area contributed by atoms with Gasteiger partial charge in [-0.05, 0) is 54.3 Å². The lowest BCUT2D eigenvalue weighted by molar-refractivity contribution is -0.138. The van der Waals surface area contributed by atoms with Crippen LogP contribution in [0.4, 0.5) is 0 Å². The van der Waals surface area contributed by atoms with Crippen LogP contribution in [0, 0.1) is 0 Å². The zero-order valence-corrected chi connectivity index (χ0v) is 21.2. The number of hydrogen-bond acceptors (Lipinski definition) is 9. The molecule has 1 aromatic carbocycles. The van der Waals surface area contributed by atoms with Gasteiger partial charge in [-0.1, -0.05) is 42.2 Å². The van der Waals surface area contributed by atoms with Gasteiger partial charge in [0.1, 0.15) is 12.4 Å². The number of nitrogens with zero attached hydrogens (tertiary/aromatic N) is 2. The number of thiazole rings is 1. The number of carbonyl (C=O) groups excluding carboxylic acids is 2. The molecular weight excluding hydrogens is 512 g/mol. The smallest absolute Gasteiger partial charge is 0.379 e. The third kappa shape index (κ3) is 4.89. The van der Waals surface area contributed by atoms with E-state index in [1.54, 1.807) is 37.3 Å². The molecule has 0 N–H and O–H groups in total. The molecule has 8 nitrogen and oxygen atoms in total. The van der Waals surface area contributed by atoms with Crippen molar-refractivity contribution in [1.82, 2.24) is 4.57 Å². The van der Waals surface area contributed by atoms with Gasteiger partial charge in [-0.2, -0.15) is 0 Å². The quantitative estimate of drug-likeness (QED) is 0.204. The van der Waals surface area contributed by atoms with Crippen LogP contribution in [0.5, 0.6) is 5.75 Å². The normalized spacial score (nSPS) is 15.2. The minimum absolute atomic E-state index is 0.0206. The first-order chi connectivity index (χ1) is 18.0. The van der Waals surface area contributed by atoms with E-state index in [1.807, 2.05) is 23.6 Å². The molecule has 1 aliphatic rings. The Bertz CT molecular complexity index is 1670. The van der Waals surface area contributed by atoms with E-state index in [0.717, 1.165) is 4.88 Å². The lowest BCUT2D eigenvalue weighted by Crippen LogP contribution is -2.39. The number of esters is 2. The number of aromatic nitrogens is 1. The van der Waals surface area contributed by atoms with Gasteiger partial charge in [-0.3, -0.25) is 9.36 Å². The molecule has 0 spiro atoms. The van der Waals surface area contributed by atoms with E-state index in [1.165, 1.54) is 45.6 Å². The summed E-state index contributed by atoms with van der Waals surface area (Å²) in [7, 11) is 0. The Morgan fingerprint density at radius 1 is 1.16 bits per heavy atom. The summed E-state index contributed by atoms with van der Waals surface area (Å²) in [5.41, 5.74) is 1.06. The summed E-state index contributed by atoms with van der Waals surface area (Å²) in [6.07, 6.45) is 4.68. The maximum absolute atomic E-state index is 13.6. The molecule has 10 heteroatoms. The maximum atomic E-state index is 13.6. The zero-order valence-electron chi connectivity index (χ0n) is 19.6. The molecule has 0 bridgehead atoms. The molecule has 0 aliphatic carbocycles. The number of thiophene rings is 1. The molecule has 0 saturated carbocycles. The molecule has 1 aliphatic heterocycles. The molecule has 5 rings (SSSR count). The van der Waals surface area contributed by atoms with Crippen molar-refractivity contribution in [3.63, 3.8) is 0 Å². The first kappa shape index (κ1) is 24.4. The lowest BCUT2D eigenvalue weighted by atomic mass is 9.96. The second kappa shape index (κ2) is 10.4. The van der Waals surface area contributed by atoms with Crippen LogP contribution in [-0.4, -0.2) is 23.1 Å². The van der Waals surface area contributed by atoms with Gasteiger partial charge in [0, 0.05) is 4.88 Å². The van der Waals surface area contributed by atoms with E-state index in [-0.39, 0.29) is 29.2 Å². The number of ether oxygens (including phenoxy) is 2. The highest BCUT2D eigenvalue weighted by atomic mass is 32.1. The third-order valence-corrected chi connectivity index (χ3v) is 7.32. The number of furan rings is 1. The van der Waals surface area contributed by atoms with Gasteiger partial charge in [0.2, 0.25) is 5.76 Å². The van der Waals surface area contributed by atoms with Crippen LogP contribution >= 0.6 is 22.7 Å². The SMILES string of the molecule is C=CCOC(=O)C1=C(C)N=c2s/c(=C/c3cccs3)c(=O)n2C1c1ccc(OC(=O)c2ccco2)cc1. The number of allylic oxidation sites excluding steroid dienone is 1. The van der Waals surface area contributed by atoms with Gasteiger partial charge in [-0.25, -0.2) is 14.6 Å². The van der Waals surface area contributed by atoms with Crippen LogP contribution in [0.15, 0.2) is 98.3 Å². The topological polar surface area (TPSA) is 100 Å². The largest absolute Gasteiger partial charge is 0.458 e. The highest BCUT2D eigenvalue weighted by Crippen LogP contribution is 2.31. The molecule has 3 aromatic heterocycles. The van der Waals surface area contributed by atoms with Crippen LogP contribution in [0.2, 0.25) is 0 Å². The highest BCUT2D eigenvalue weighted by molar-refractivity contribution is 7.11. The fourth-order valence-electron chi connectivity index (χ4n) is 3.88. The Hall–Kier alpha value is -4.28. The summed E-state index contributed by atoms with van der Waals surface area (Å²) in [4.78, 5) is 44.9. The Kier molecular flexibility index (Phi) is 6.85. The minimum Gasteiger partial charge on any atom is -0.458 e. The monoisotopic (exact) mass is 532 g/mol. The molecule has 1 atom stereocenters. The van der Waals surface area contributed by atoms with Gasteiger partial charge >= 0.3 is 11.9 Å². The summed E-state index contributed by atoms with van der Waals surface area (Å²) in [5, 5.41) is 1.93. The molecule has 186 valence electrons. The summed E-state index contributed by atoms with van der Waals surface area (Å²) in [6, 6.07) is 12.7. The minimum atomic E-state index is -0.783. The van der Waals surface area contributed by atoms with Gasteiger partial charge in [0.15, 0.2) is 4.80 Å². The molecule has 0 radical (unpaired) electrons. The van der Waals surface area contributed by atoms with Gasteiger partial charge in [-0.15, -0.1) is 11.3 Å². The average molecular weight is 533 g/mol. The van der Waals surface area contributed by atoms with E-state index in [4.69, 9.17) is 13.9 Å². The number of rotatable bonds is 7. The Morgan fingerprint density at radius 2 is 1.97 bits per heavy atom. The highest BCUT2D eigenvalue weighted by Gasteiger charge is 2.33. The maximum Gasteiger partial charge on any atom is 0.379 e. The first-order valence-electron chi connectivity index (χ1n) is 11.2. The van der Waals surface area contributed by atoms with Crippen molar-refractivity contribution in [3.05, 3.63) is 120 Å². The van der Waals surface area contributed by atoms with E-state index in [2.05, 4.69) is 11.6 Å². The van der Waals surface area contributed by atoms with Gasteiger partial charge in [0.25, 0.3) is 5.56 Å². The second-order valence-corrected chi connectivity index (χ2v) is 9.91. The number of fused-ring (bicyclic) bond motifs is 1. The molecule has 4 aromatic rings. The fourth-order valence-corrected chi connectivity index (χ4v) is 5.65. The Morgan fingerprint density at radius 3 is 2.65 bits per heavy atom. The first-order valence-corrected chi connectivity index (χ1v) is 12.9. The summed E-state index contributed by atoms with van der Waals surface area (Å²) in [6.45, 7) is 5.33. The van der Waals surface area contributed by atoms with Crippen molar-refractivity contribution in [2.75, 3.05) is 6.61 Å². The van der Waals surface area contributed by atoms with Crippen molar-refractivity contribution >= 4 is 40.7 Å². The molecule has 4 heterocycles. The Labute approximate surface area is 218 Å². The zero-order chi connectivity index (χ0) is 25.9. The average Bonchev–Trinajstić information content (AvgIpc) is 3.66. The lowest BCUT2D eigenvalue weighted by Gasteiger charge is -2.24. The van der Waals surface area contributed by atoms with Crippen LogP contribution in [0.1, 0.15) is 34.0 Å². The summed E-state index contributed by atoms with van der Waals surface area (Å²) < 4.78 is 17.8. The Balaban J connectivity index is 1.58. The van der Waals surface area contributed by atoms with E-state index >= 15 is 0 Å². The van der Waals surface area contributed by atoms with E-state index < -0.39 is 18.0 Å². The van der Waals surface area contributed by atoms with Crippen LogP contribution in [-0.2, 0) is 9.53 Å². The van der Waals surface area contributed by atoms with Gasteiger partial charge < -0.3 is 13.9 Å². The summed E-state index contributed by atoms with van der Waals surface area (Å²) in [5.74, 6) is -0.866. The molecule has 37 heavy (non-hydrogen) atoms. The number of carbonyl (C=O) groups is 2. The van der Waals surface area contributed by atoms with Crippen molar-refractivity contribution < 1.29 is 23.5 Å². The van der Waals surface area contributed by atoms with Crippen LogP contribution < -0.4 is 19.6 Å². The predicted octanol–water partition coefficient (Wildman–Crippen LogP) is 3.84. The third-order valence-electron chi connectivity index (χ3n) is 5.52. The van der Waals surface area contributed by atoms with Crippen LogP contribution in [0.25, 0.3) is 6.08 Å². The molecular formula is C27H20N2O6S2. The van der Waals surface area contributed by atoms with Crippen molar-refractivity contribution in [2.24, 2.45) is 4.99 Å². The predicted molar refractivity (Wildman–Crippen MR) is 139 cm³/mol. The molecule has 0 amide bonds. The molecule has 0 fully saturated rings. The van der Waals surface area contributed by atoms with Crippen molar-refractivity contribution in [3.8, 4) is 5.75 Å². The van der Waals surface area contributed by atoms with Crippen molar-refractivity contribution in [2.45, 2.75) is 13.0 Å². The van der Waals surface area contributed by atoms with E-state index in [0.29, 0.717) is 20.6 Å². The number of hydrogen-bond donors (Lipinski definition) is 0. The van der Waals surface area contributed by atoms with E-state index in [9.17, 15) is 14.4 Å². The second-order valence-electron chi connectivity index (χ2n) is 7.92. The standard InChI is InChI=1S/C27H20N2O6S2/c1-3-12-34-26(32)22-16(2)28-27-29(24(30)21(37-27)15-19-6-5-14-36-19)23(22)17-8-10-18(11-9-17)35-25(31)20-7-4-13-33-20/h3-11,13-15,23H,1,12H2,2H3/b21-15+. The summed E-state index contributed by atoms with van der Waals surface area (Å²) >= 11 is 2.78. The van der Waals surface area contributed by atoms with Crippen LogP contribution in [0.3, 0.4) is 0 Å². The number of benzene rings is 1. The molecule has 0 saturated heterocycles. The fraction of sp³-hybridized carbons (Fsp3) is 0.111. The molecule has 1 unspecified atom stereocenters.